The number of rotatable bonds is 4. The average molecular weight is 488 g/mol. The Morgan fingerprint density at radius 2 is 1.58 bits per heavy atom. The lowest BCUT2D eigenvalue weighted by atomic mass is 9.85. The van der Waals surface area contributed by atoms with Crippen LogP contribution in [0.5, 0.6) is 0 Å². The van der Waals surface area contributed by atoms with Crippen LogP contribution in [0.2, 0.25) is 0 Å². The summed E-state index contributed by atoms with van der Waals surface area (Å²) in [5.41, 5.74) is 2.10. The number of carbonyl (C=O) groups is 3. The Kier molecular flexibility index (Phi) is 6.50. The van der Waals surface area contributed by atoms with Gasteiger partial charge in [0.1, 0.15) is 11.6 Å². The van der Waals surface area contributed by atoms with Gasteiger partial charge in [-0.15, -0.1) is 0 Å². The summed E-state index contributed by atoms with van der Waals surface area (Å²) in [7, 11) is 1.25. The van der Waals surface area contributed by atoms with E-state index in [-0.39, 0.29) is 22.1 Å². The number of esters is 1. The van der Waals surface area contributed by atoms with Gasteiger partial charge in [0, 0.05) is 11.3 Å². The van der Waals surface area contributed by atoms with E-state index in [0.717, 1.165) is 17.7 Å². The molecule has 184 valence electrons. The van der Waals surface area contributed by atoms with E-state index in [1.165, 1.54) is 36.3 Å². The molecule has 1 fully saturated rings. The maximum atomic E-state index is 13.5. The summed E-state index contributed by atoms with van der Waals surface area (Å²) in [5.74, 6) is -3.24. The highest BCUT2D eigenvalue weighted by molar-refractivity contribution is 6.51. The first kappa shape index (κ1) is 24.9. The van der Waals surface area contributed by atoms with Gasteiger partial charge in [0.15, 0.2) is 0 Å². The van der Waals surface area contributed by atoms with Crippen LogP contribution in [-0.4, -0.2) is 29.9 Å². The zero-order valence-electron chi connectivity index (χ0n) is 20.4. The van der Waals surface area contributed by atoms with Crippen molar-refractivity contribution >= 4 is 29.1 Å². The van der Waals surface area contributed by atoms with Crippen molar-refractivity contribution in [3.8, 4) is 0 Å². The largest absolute Gasteiger partial charge is 0.507 e. The number of aliphatic hydroxyl groups is 1. The van der Waals surface area contributed by atoms with E-state index < -0.39 is 35.3 Å². The Morgan fingerprint density at radius 1 is 0.944 bits per heavy atom. The highest BCUT2D eigenvalue weighted by Crippen LogP contribution is 2.42. The number of ketones is 1. The lowest BCUT2D eigenvalue weighted by molar-refractivity contribution is -0.132. The second-order valence-electron chi connectivity index (χ2n) is 9.59. The van der Waals surface area contributed by atoms with Crippen molar-refractivity contribution in [3.05, 3.63) is 106 Å². The third-order valence-electron chi connectivity index (χ3n) is 6.20. The number of hydrogen-bond acceptors (Lipinski definition) is 5. The van der Waals surface area contributed by atoms with E-state index in [2.05, 4.69) is 20.8 Å². The summed E-state index contributed by atoms with van der Waals surface area (Å²) in [6.07, 6.45) is 0. The number of nitrogens with zero attached hydrogens (tertiary/aromatic N) is 1. The van der Waals surface area contributed by atoms with E-state index in [9.17, 15) is 23.9 Å². The molecule has 3 aromatic rings. The van der Waals surface area contributed by atoms with Gasteiger partial charge in [0.05, 0.1) is 24.3 Å². The van der Waals surface area contributed by atoms with Gasteiger partial charge in [0.25, 0.3) is 11.7 Å². The normalized spacial score (nSPS) is 17.4. The van der Waals surface area contributed by atoms with Gasteiger partial charge in [0.2, 0.25) is 0 Å². The topological polar surface area (TPSA) is 83.9 Å². The van der Waals surface area contributed by atoms with Crippen molar-refractivity contribution in [1.82, 2.24) is 0 Å². The van der Waals surface area contributed by atoms with Crippen LogP contribution in [0.4, 0.5) is 10.1 Å². The standard InChI is InChI=1S/C29H26FNO5/c1-29(2,3)20-12-8-17(9-13-20)24-23(25(32)18-10-14-21(30)15-11-18)26(33)27(34)31(24)22-7-5-6-19(16-22)28(35)36-4/h5-16,24,32H,1-4H3/b25-23+. The van der Waals surface area contributed by atoms with Crippen molar-refractivity contribution in [2.75, 3.05) is 12.0 Å². The molecule has 1 heterocycles. The van der Waals surface area contributed by atoms with Crippen LogP contribution in [0.25, 0.3) is 5.76 Å². The fraction of sp³-hybridized carbons (Fsp3) is 0.207. The average Bonchev–Trinajstić information content (AvgIpc) is 3.13. The molecule has 36 heavy (non-hydrogen) atoms. The van der Waals surface area contributed by atoms with Crippen molar-refractivity contribution in [2.45, 2.75) is 32.2 Å². The van der Waals surface area contributed by atoms with Crippen LogP contribution in [0, 0.1) is 5.82 Å². The quantitative estimate of drug-likeness (QED) is 0.226. The number of halogens is 1. The van der Waals surface area contributed by atoms with Crippen molar-refractivity contribution in [3.63, 3.8) is 0 Å². The van der Waals surface area contributed by atoms with Gasteiger partial charge >= 0.3 is 5.97 Å². The Hall–Kier alpha value is -4.26. The number of anilines is 1. The van der Waals surface area contributed by atoms with E-state index >= 15 is 0 Å². The third kappa shape index (κ3) is 4.52. The van der Waals surface area contributed by atoms with Gasteiger partial charge in [-0.2, -0.15) is 0 Å². The number of aliphatic hydroxyl groups excluding tert-OH is 1. The van der Waals surface area contributed by atoms with Crippen molar-refractivity contribution in [1.29, 1.82) is 0 Å². The first-order valence-electron chi connectivity index (χ1n) is 11.4. The molecule has 3 aromatic carbocycles. The predicted octanol–water partition coefficient (Wildman–Crippen LogP) is 5.54. The molecule has 6 nitrogen and oxygen atoms in total. The fourth-order valence-corrected chi connectivity index (χ4v) is 4.24. The Bertz CT molecular complexity index is 1370. The molecule has 4 rings (SSSR count). The van der Waals surface area contributed by atoms with Gasteiger partial charge < -0.3 is 9.84 Å². The molecule has 0 aliphatic carbocycles. The van der Waals surface area contributed by atoms with E-state index in [0.29, 0.717) is 11.3 Å². The van der Waals surface area contributed by atoms with Gasteiger partial charge in [-0.1, -0.05) is 51.1 Å². The zero-order chi connectivity index (χ0) is 26.2. The number of benzene rings is 3. The molecule has 1 saturated heterocycles. The number of Topliss-reactive ketones (excluding diaryl/α,β-unsaturated/α-hetero) is 1. The van der Waals surface area contributed by atoms with Crippen LogP contribution < -0.4 is 4.90 Å². The second kappa shape index (κ2) is 9.41. The molecule has 1 N–H and O–H groups in total. The number of amides is 1. The van der Waals surface area contributed by atoms with Crippen LogP contribution in [0.15, 0.2) is 78.4 Å². The molecule has 0 saturated carbocycles. The summed E-state index contributed by atoms with van der Waals surface area (Å²) in [5, 5.41) is 11.1. The highest BCUT2D eigenvalue weighted by Gasteiger charge is 2.47. The van der Waals surface area contributed by atoms with Gasteiger partial charge in [-0.25, -0.2) is 9.18 Å². The first-order chi connectivity index (χ1) is 17.0. The SMILES string of the molecule is COC(=O)c1cccc(N2C(=O)C(=O)/C(=C(/O)c3ccc(F)cc3)C2c2ccc(C(C)(C)C)cc2)c1. The second-order valence-corrected chi connectivity index (χ2v) is 9.59. The lowest BCUT2D eigenvalue weighted by Crippen LogP contribution is -2.29. The van der Waals surface area contributed by atoms with Crippen LogP contribution in [0.1, 0.15) is 53.9 Å². The van der Waals surface area contributed by atoms with Crippen LogP contribution >= 0.6 is 0 Å². The maximum absolute atomic E-state index is 13.5. The van der Waals surface area contributed by atoms with E-state index in [4.69, 9.17) is 4.74 Å². The number of carbonyl (C=O) groups excluding carboxylic acids is 3. The van der Waals surface area contributed by atoms with Crippen LogP contribution in [0.3, 0.4) is 0 Å². The summed E-state index contributed by atoms with van der Waals surface area (Å²) < 4.78 is 18.3. The number of hydrogen-bond donors (Lipinski definition) is 1. The Balaban J connectivity index is 1.93. The summed E-state index contributed by atoms with van der Waals surface area (Å²) >= 11 is 0. The monoisotopic (exact) mass is 487 g/mol. The third-order valence-corrected chi connectivity index (χ3v) is 6.20. The highest BCUT2D eigenvalue weighted by atomic mass is 19.1. The predicted molar refractivity (Wildman–Crippen MR) is 134 cm³/mol. The minimum absolute atomic E-state index is 0.122. The molecule has 1 unspecified atom stereocenters. The summed E-state index contributed by atoms with van der Waals surface area (Å²) in [4.78, 5) is 40.0. The molecule has 1 aliphatic rings. The molecule has 1 amide bonds. The molecule has 0 spiro atoms. The van der Waals surface area contributed by atoms with Gasteiger partial charge in [-0.3, -0.25) is 14.5 Å². The summed E-state index contributed by atoms with van der Waals surface area (Å²) in [6, 6.07) is 17.7. The molecular weight excluding hydrogens is 461 g/mol. The smallest absolute Gasteiger partial charge is 0.337 e. The first-order valence-corrected chi connectivity index (χ1v) is 11.4. The van der Waals surface area contributed by atoms with Gasteiger partial charge in [-0.05, 0) is 59.0 Å². The van der Waals surface area contributed by atoms with Crippen molar-refractivity contribution in [2.24, 2.45) is 0 Å². The molecule has 1 aliphatic heterocycles. The van der Waals surface area contributed by atoms with Crippen LogP contribution in [-0.2, 0) is 19.7 Å². The zero-order valence-corrected chi connectivity index (χ0v) is 20.4. The molecular formula is C29H26FNO5. The number of methoxy groups -OCH3 is 1. The molecule has 7 heteroatoms. The molecule has 1 atom stereocenters. The minimum atomic E-state index is -0.975. The Labute approximate surface area is 208 Å². The summed E-state index contributed by atoms with van der Waals surface area (Å²) in [6.45, 7) is 6.21. The number of ether oxygens (including phenoxy) is 1. The minimum Gasteiger partial charge on any atom is -0.507 e. The fourth-order valence-electron chi connectivity index (χ4n) is 4.24. The Morgan fingerprint density at radius 3 is 2.17 bits per heavy atom. The maximum Gasteiger partial charge on any atom is 0.337 e. The molecule has 0 aromatic heterocycles. The van der Waals surface area contributed by atoms with E-state index in [1.807, 2.05) is 24.3 Å². The lowest BCUT2D eigenvalue weighted by Gasteiger charge is -2.27. The molecule has 0 bridgehead atoms. The van der Waals surface area contributed by atoms with Crippen molar-refractivity contribution < 1.29 is 28.6 Å². The molecule has 0 radical (unpaired) electrons. The van der Waals surface area contributed by atoms with E-state index in [1.54, 1.807) is 12.1 Å².